The van der Waals surface area contributed by atoms with Crippen molar-refractivity contribution in [2.24, 2.45) is 0 Å². The number of carbonyl (C=O) groups is 1. The number of hydrogen-bond donors (Lipinski definition) is 0. The monoisotopic (exact) mass is 277 g/mol. The van der Waals surface area contributed by atoms with Crippen LogP contribution in [0, 0.1) is 0 Å². The number of halogens is 4. The van der Waals surface area contributed by atoms with Gasteiger partial charge in [0.1, 0.15) is 0 Å². The molecule has 1 aliphatic rings. The van der Waals surface area contributed by atoms with E-state index in [4.69, 9.17) is 11.6 Å². The molecule has 0 N–H and O–H groups in total. The van der Waals surface area contributed by atoms with E-state index < -0.39 is 17.6 Å². The maximum atomic E-state index is 12.8. The Morgan fingerprint density at radius 1 is 1.22 bits per heavy atom. The lowest BCUT2D eigenvalue weighted by Crippen LogP contribution is -2.29. The largest absolute Gasteiger partial charge is 0.417 e. The van der Waals surface area contributed by atoms with Gasteiger partial charge in [-0.25, -0.2) is 0 Å². The first kappa shape index (κ1) is 13.2. The maximum Gasteiger partial charge on any atom is 0.417 e. The van der Waals surface area contributed by atoms with Crippen LogP contribution in [-0.4, -0.2) is 23.9 Å². The summed E-state index contributed by atoms with van der Waals surface area (Å²) in [5, 5.41) is 0.130. The molecule has 0 atom stereocenters. The standard InChI is InChI=1S/C12H11ClF3NO/c13-8-3-4-10(12(14,15)16)9(7-8)11(18)17-5-1-2-6-17/h3-4,7H,1-2,5-6H2. The molecular formula is C12H11ClF3NO. The fraction of sp³-hybridized carbons (Fsp3) is 0.417. The van der Waals surface area contributed by atoms with Crippen LogP contribution in [0.1, 0.15) is 28.8 Å². The van der Waals surface area contributed by atoms with Crippen molar-refractivity contribution >= 4 is 17.5 Å². The molecule has 0 bridgehead atoms. The van der Waals surface area contributed by atoms with E-state index in [0.29, 0.717) is 13.1 Å². The van der Waals surface area contributed by atoms with E-state index in [1.807, 2.05) is 0 Å². The van der Waals surface area contributed by atoms with Gasteiger partial charge in [-0.3, -0.25) is 4.79 Å². The summed E-state index contributed by atoms with van der Waals surface area (Å²) in [5.74, 6) is -0.595. The second-order valence-corrected chi connectivity index (χ2v) is 4.62. The Balaban J connectivity index is 2.41. The molecule has 6 heteroatoms. The van der Waals surface area contributed by atoms with Crippen molar-refractivity contribution in [3.63, 3.8) is 0 Å². The molecule has 18 heavy (non-hydrogen) atoms. The van der Waals surface area contributed by atoms with Gasteiger partial charge < -0.3 is 4.90 Å². The lowest BCUT2D eigenvalue weighted by Gasteiger charge is -2.19. The molecule has 1 aromatic rings. The Hall–Kier alpha value is -1.23. The van der Waals surface area contributed by atoms with Gasteiger partial charge in [0, 0.05) is 18.1 Å². The summed E-state index contributed by atoms with van der Waals surface area (Å²) in [5.41, 5.74) is -1.29. The van der Waals surface area contributed by atoms with Crippen molar-refractivity contribution in [3.05, 3.63) is 34.3 Å². The normalized spacial score (nSPS) is 16.1. The van der Waals surface area contributed by atoms with Crippen molar-refractivity contribution in [1.82, 2.24) is 4.90 Å². The number of alkyl halides is 3. The minimum Gasteiger partial charge on any atom is -0.339 e. The van der Waals surface area contributed by atoms with Crippen molar-refractivity contribution in [3.8, 4) is 0 Å². The molecule has 1 fully saturated rings. The van der Waals surface area contributed by atoms with Gasteiger partial charge in [-0.1, -0.05) is 11.6 Å². The summed E-state index contributed by atoms with van der Waals surface area (Å²) in [6.07, 6.45) is -2.89. The first-order valence-electron chi connectivity index (χ1n) is 5.55. The van der Waals surface area contributed by atoms with Crippen LogP contribution in [0.5, 0.6) is 0 Å². The molecule has 1 amide bonds. The van der Waals surface area contributed by atoms with Crippen LogP contribution >= 0.6 is 11.6 Å². The number of amides is 1. The summed E-state index contributed by atoms with van der Waals surface area (Å²) < 4.78 is 38.4. The molecule has 0 aliphatic carbocycles. The molecule has 1 aliphatic heterocycles. The SMILES string of the molecule is O=C(c1cc(Cl)ccc1C(F)(F)F)N1CCCC1. The highest BCUT2D eigenvalue weighted by atomic mass is 35.5. The van der Waals surface area contributed by atoms with Crippen molar-refractivity contribution in [2.45, 2.75) is 19.0 Å². The van der Waals surface area contributed by atoms with Gasteiger partial charge in [-0.15, -0.1) is 0 Å². The molecule has 1 saturated heterocycles. The minimum atomic E-state index is -4.55. The Labute approximate surface area is 107 Å². The summed E-state index contributed by atoms with van der Waals surface area (Å²) >= 11 is 5.68. The van der Waals surface area contributed by atoms with Crippen LogP contribution in [0.25, 0.3) is 0 Å². The minimum absolute atomic E-state index is 0.130. The molecule has 1 aromatic carbocycles. The van der Waals surface area contributed by atoms with Crippen LogP contribution in [0.2, 0.25) is 5.02 Å². The predicted octanol–water partition coefficient (Wildman–Crippen LogP) is 3.59. The zero-order chi connectivity index (χ0) is 13.3. The molecule has 1 heterocycles. The van der Waals surface area contributed by atoms with E-state index in [2.05, 4.69) is 0 Å². The van der Waals surface area contributed by atoms with Crippen LogP contribution in [0.15, 0.2) is 18.2 Å². The average Bonchev–Trinajstić information content (AvgIpc) is 2.79. The fourth-order valence-corrected chi connectivity index (χ4v) is 2.20. The topological polar surface area (TPSA) is 20.3 Å². The molecule has 2 rings (SSSR count). The van der Waals surface area contributed by atoms with E-state index >= 15 is 0 Å². The molecule has 98 valence electrons. The third-order valence-electron chi connectivity index (χ3n) is 2.91. The number of benzene rings is 1. The van der Waals surface area contributed by atoms with Crippen molar-refractivity contribution in [2.75, 3.05) is 13.1 Å². The molecule has 0 radical (unpaired) electrons. The van der Waals surface area contributed by atoms with Gasteiger partial charge in [0.15, 0.2) is 0 Å². The number of carbonyl (C=O) groups excluding carboxylic acids is 1. The first-order valence-corrected chi connectivity index (χ1v) is 5.93. The van der Waals surface area contributed by atoms with E-state index in [1.165, 1.54) is 4.90 Å². The van der Waals surface area contributed by atoms with E-state index in [0.717, 1.165) is 31.0 Å². The molecule has 0 spiro atoms. The van der Waals surface area contributed by atoms with E-state index in [1.54, 1.807) is 0 Å². The molecule has 0 saturated carbocycles. The second kappa shape index (κ2) is 4.80. The van der Waals surface area contributed by atoms with Crippen LogP contribution in [0.3, 0.4) is 0 Å². The number of nitrogens with zero attached hydrogens (tertiary/aromatic N) is 1. The Kier molecular flexibility index (Phi) is 3.52. The molecule has 0 unspecified atom stereocenters. The lowest BCUT2D eigenvalue weighted by molar-refractivity contribution is -0.138. The van der Waals surface area contributed by atoms with E-state index in [9.17, 15) is 18.0 Å². The Morgan fingerprint density at radius 3 is 2.39 bits per heavy atom. The number of likely N-dealkylation sites (tertiary alicyclic amines) is 1. The highest BCUT2D eigenvalue weighted by Crippen LogP contribution is 2.34. The molecule has 0 aromatic heterocycles. The molecule has 2 nitrogen and oxygen atoms in total. The summed E-state index contributed by atoms with van der Waals surface area (Å²) in [4.78, 5) is 13.5. The van der Waals surface area contributed by atoms with Crippen LogP contribution in [-0.2, 0) is 6.18 Å². The summed E-state index contributed by atoms with van der Waals surface area (Å²) in [6, 6.07) is 3.09. The third kappa shape index (κ3) is 2.61. The number of rotatable bonds is 1. The summed E-state index contributed by atoms with van der Waals surface area (Å²) in [7, 11) is 0. The predicted molar refractivity (Wildman–Crippen MR) is 61.6 cm³/mol. The smallest absolute Gasteiger partial charge is 0.339 e. The first-order chi connectivity index (χ1) is 8.39. The van der Waals surface area contributed by atoms with Gasteiger partial charge in [0.05, 0.1) is 11.1 Å². The maximum absolute atomic E-state index is 12.8. The Bertz CT molecular complexity index is 467. The average molecular weight is 278 g/mol. The van der Waals surface area contributed by atoms with Crippen LogP contribution in [0.4, 0.5) is 13.2 Å². The number of hydrogen-bond acceptors (Lipinski definition) is 1. The van der Waals surface area contributed by atoms with Gasteiger partial charge in [-0.05, 0) is 31.0 Å². The third-order valence-corrected chi connectivity index (χ3v) is 3.15. The van der Waals surface area contributed by atoms with Gasteiger partial charge in [0.25, 0.3) is 5.91 Å². The molecular weight excluding hydrogens is 267 g/mol. The zero-order valence-electron chi connectivity index (χ0n) is 9.43. The second-order valence-electron chi connectivity index (χ2n) is 4.19. The van der Waals surface area contributed by atoms with Crippen molar-refractivity contribution < 1.29 is 18.0 Å². The van der Waals surface area contributed by atoms with Gasteiger partial charge in [0.2, 0.25) is 0 Å². The van der Waals surface area contributed by atoms with Gasteiger partial charge >= 0.3 is 6.18 Å². The summed E-state index contributed by atoms with van der Waals surface area (Å²) in [6.45, 7) is 1.01. The highest BCUT2D eigenvalue weighted by molar-refractivity contribution is 6.31. The fourth-order valence-electron chi connectivity index (χ4n) is 2.03. The zero-order valence-corrected chi connectivity index (χ0v) is 10.2. The van der Waals surface area contributed by atoms with Crippen LogP contribution < -0.4 is 0 Å². The highest BCUT2D eigenvalue weighted by Gasteiger charge is 2.36. The lowest BCUT2D eigenvalue weighted by atomic mass is 10.1. The van der Waals surface area contributed by atoms with Gasteiger partial charge in [-0.2, -0.15) is 13.2 Å². The van der Waals surface area contributed by atoms with Crippen molar-refractivity contribution in [1.29, 1.82) is 0 Å². The quantitative estimate of drug-likeness (QED) is 0.768. The van der Waals surface area contributed by atoms with E-state index in [-0.39, 0.29) is 10.6 Å². The Morgan fingerprint density at radius 2 is 1.83 bits per heavy atom.